The monoisotopic (exact) mass is 209 g/mol. The van der Waals surface area contributed by atoms with Gasteiger partial charge in [0.15, 0.2) is 5.82 Å². The molecule has 0 fully saturated rings. The molecule has 3 aromatic heterocycles. The normalized spacial score (nSPS) is 10.8. The highest BCUT2D eigenvalue weighted by Crippen LogP contribution is 2.18. The Morgan fingerprint density at radius 3 is 2.75 bits per heavy atom. The van der Waals surface area contributed by atoms with Crippen LogP contribution in [-0.4, -0.2) is 14.4 Å². The molecule has 0 aliphatic carbocycles. The number of nitrogens with zero attached hydrogens (tertiary/aromatic N) is 3. The van der Waals surface area contributed by atoms with Gasteiger partial charge in [0.1, 0.15) is 5.69 Å². The number of hydrogen-bond acceptors (Lipinski definition) is 2. The molecule has 0 aromatic carbocycles. The predicted molar refractivity (Wildman–Crippen MR) is 63.2 cm³/mol. The summed E-state index contributed by atoms with van der Waals surface area (Å²) in [7, 11) is 0. The van der Waals surface area contributed by atoms with Gasteiger partial charge in [-0.2, -0.15) is 0 Å². The molecule has 0 N–H and O–H groups in total. The van der Waals surface area contributed by atoms with Gasteiger partial charge in [-0.3, -0.25) is 9.38 Å². The lowest BCUT2D eigenvalue weighted by atomic mass is 10.3. The molecule has 3 rings (SSSR count). The van der Waals surface area contributed by atoms with E-state index in [9.17, 15) is 0 Å². The quantitative estimate of drug-likeness (QED) is 0.616. The summed E-state index contributed by atoms with van der Waals surface area (Å²) in [6.07, 6.45) is 3.66. The molecule has 0 saturated carbocycles. The van der Waals surface area contributed by atoms with E-state index in [-0.39, 0.29) is 0 Å². The number of fused-ring (bicyclic) bond motifs is 1. The first-order chi connectivity index (χ1) is 7.86. The second kappa shape index (κ2) is 3.45. The molecule has 0 unspecified atom stereocenters. The molecule has 3 nitrogen and oxygen atoms in total. The van der Waals surface area contributed by atoms with E-state index in [4.69, 9.17) is 0 Å². The van der Waals surface area contributed by atoms with E-state index in [1.807, 2.05) is 36.5 Å². The first-order valence-electron chi connectivity index (χ1n) is 5.21. The van der Waals surface area contributed by atoms with Gasteiger partial charge in [0, 0.05) is 11.9 Å². The van der Waals surface area contributed by atoms with E-state index in [1.165, 1.54) is 0 Å². The van der Waals surface area contributed by atoms with Crippen LogP contribution in [0.25, 0.3) is 17.0 Å². The number of aryl methyl sites for hydroxylation is 1. The molecule has 16 heavy (non-hydrogen) atoms. The van der Waals surface area contributed by atoms with Crippen molar-refractivity contribution in [2.75, 3.05) is 0 Å². The topological polar surface area (TPSA) is 30.2 Å². The van der Waals surface area contributed by atoms with Gasteiger partial charge in [-0.05, 0) is 31.2 Å². The van der Waals surface area contributed by atoms with Crippen LogP contribution >= 0.6 is 0 Å². The van der Waals surface area contributed by atoms with Gasteiger partial charge >= 0.3 is 0 Å². The van der Waals surface area contributed by atoms with Crippen molar-refractivity contribution in [2.45, 2.75) is 6.92 Å². The molecule has 0 aliphatic rings. The zero-order valence-electron chi connectivity index (χ0n) is 8.96. The molecule has 78 valence electrons. The molecule has 0 bridgehead atoms. The number of aromatic nitrogens is 3. The average Bonchev–Trinajstić information content (AvgIpc) is 2.75. The van der Waals surface area contributed by atoms with Gasteiger partial charge in [0.25, 0.3) is 0 Å². The Balaban J connectivity index is 2.33. The zero-order chi connectivity index (χ0) is 11.0. The summed E-state index contributed by atoms with van der Waals surface area (Å²) >= 11 is 0. The summed E-state index contributed by atoms with van der Waals surface area (Å²) in [4.78, 5) is 8.76. The van der Waals surface area contributed by atoms with E-state index in [1.54, 1.807) is 6.20 Å². The minimum absolute atomic E-state index is 0.897. The highest BCUT2D eigenvalue weighted by atomic mass is 15.0. The number of rotatable bonds is 1. The lowest BCUT2D eigenvalue weighted by molar-refractivity contribution is 1.07. The third kappa shape index (κ3) is 1.29. The van der Waals surface area contributed by atoms with Gasteiger partial charge in [-0.1, -0.05) is 12.1 Å². The van der Waals surface area contributed by atoms with Crippen molar-refractivity contribution in [1.29, 1.82) is 0 Å². The summed E-state index contributed by atoms with van der Waals surface area (Å²) in [5.74, 6) is 0.897. The van der Waals surface area contributed by atoms with Crippen LogP contribution < -0.4 is 0 Å². The molecular weight excluding hydrogens is 198 g/mol. The number of imidazole rings is 1. The Kier molecular flexibility index (Phi) is 1.96. The molecule has 0 radical (unpaired) electrons. The third-order valence-corrected chi connectivity index (χ3v) is 2.64. The smallest absolute Gasteiger partial charge is 0.163 e. The first-order valence-corrected chi connectivity index (χ1v) is 5.21. The Morgan fingerprint density at radius 2 is 1.94 bits per heavy atom. The molecule has 0 saturated heterocycles. The van der Waals surface area contributed by atoms with Crippen molar-refractivity contribution >= 4 is 5.52 Å². The van der Waals surface area contributed by atoms with Gasteiger partial charge < -0.3 is 0 Å². The van der Waals surface area contributed by atoms with Crippen molar-refractivity contribution in [3.8, 4) is 11.5 Å². The highest BCUT2D eigenvalue weighted by molar-refractivity contribution is 5.59. The van der Waals surface area contributed by atoms with Crippen molar-refractivity contribution < 1.29 is 0 Å². The molecule has 0 aliphatic heterocycles. The second-order valence-corrected chi connectivity index (χ2v) is 3.72. The molecule has 3 aromatic rings. The number of pyridine rings is 2. The van der Waals surface area contributed by atoms with Crippen molar-refractivity contribution in [3.05, 3.63) is 54.5 Å². The molecular formula is C13H11N3. The molecule has 0 spiro atoms. The minimum Gasteiger partial charge on any atom is -0.296 e. The maximum Gasteiger partial charge on any atom is 0.163 e. The van der Waals surface area contributed by atoms with Crippen LogP contribution in [0.4, 0.5) is 0 Å². The van der Waals surface area contributed by atoms with Gasteiger partial charge in [-0.15, -0.1) is 0 Å². The summed E-state index contributed by atoms with van der Waals surface area (Å²) in [5, 5.41) is 0. The lowest BCUT2D eigenvalue weighted by Crippen LogP contribution is -1.94. The fourth-order valence-electron chi connectivity index (χ4n) is 1.89. The van der Waals surface area contributed by atoms with Crippen molar-refractivity contribution in [2.24, 2.45) is 0 Å². The van der Waals surface area contributed by atoms with Crippen LogP contribution in [0.3, 0.4) is 0 Å². The van der Waals surface area contributed by atoms with E-state index in [0.717, 1.165) is 22.7 Å². The standard InChI is InChI=1S/C13H11N3/c1-10-5-4-6-11-9-15-13(16(10)11)12-7-2-3-8-14-12/h2-9H,1H3. The maximum absolute atomic E-state index is 4.43. The van der Waals surface area contributed by atoms with Gasteiger partial charge in [0.2, 0.25) is 0 Å². The van der Waals surface area contributed by atoms with Crippen LogP contribution in [0, 0.1) is 6.92 Å². The summed E-state index contributed by atoms with van der Waals surface area (Å²) in [5.41, 5.74) is 3.16. The largest absolute Gasteiger partial charge is 0.296 e. The average molecular weight is 209 g/mol. The van der Waals surface area contributed by atoms with Crippen LogP contribution in [-0.2, 0) is 0 Å². The Labute approximate surface area is 93.4 Å². The number of hydrogen-bond donors (Lipinski definition) is 0. The highest BCUT2D eigenvalue weighted by Gasteiger charge is 2.07. The predicted octanol–water partition coefficient (Wildman–Crippen LogP) is 2.70. The fraction of sp³-hybridized carbons (Fsp3) is 0.0769. The second-order valence-electron chi connectivity index (χ2n) is 3.72. The first kappa shape index (κ1) is 9.09. The molecule has 0 amide bonds. The van der Waals surface area contributed by atoms with E-state index in [2.05, 4.69) is 27.4 Å². The van der Waals surface area contributed by atoms with Crippen LogP contribution in [0.15, 0.2) is 48.8 Å². The molecule has 3 heteroatoms. The summed E-state index contributed by atoms with van der Waals surface area (Å²) < 4.78 is 2.11. The Bertz CT molecular complexity index is 626. The fourth-order valence-corrected chi connectivity index (χ4v) is 1.89. The summed E-state index contributed by atoms with van der Waals surface area (Å²) in [6.45, 7) is 2.07. The third-order valence-electron chi connectivity index (χ3n) is 2.64. The zero-order valence-corrected chi connectivity index (χ0v) is 8.96. The van der Waals surface area contributed by atoms with Crippen LogP contribution in [0.5, 0.6) is 0 Å². The molecule has 3 heterocycles. The Morgan fingerprint density at radius 1 is 1.00 bits per heavy atom. The van der Waals surface area contributed by atoms with E-state index < -0.39 is 0 Å². The van der Waals surface area contributed by atoms with Gasteiger partial charge in [0.05, 0.1) is 11.7 Å². The van der Waals surface area contributed by atoms with E-state index in [0.29, 0.717) is 0 Å². The van der Waals surface area contributed by atoms with Crippen molar-refractivity contribution in [1.82, 2.24) is 14.4 Å². The lowest BCUT2D eigenvalue weighted by Gasteiger charge is -2.03. The van der Waals surface area contributed by atoms with Crippen LogP contribution in [0.2, 0.25) is 0 Å². The SMILES string of the molecule is Cc1cccc2cnc(-c3ccccn3)n12. The maximum atomic E-state index is 4.43. The minimum atomic E-state index is 0.897. The van der Waals surface area contributed by atoms with E-state index >= 15 is 0 Å². The molecule has 0 atom stereocenters. The van der Waals surface area contributed by atoms with Crippen molar-refractivity contribution in [3.63, 3.8) is 0 Å². The Hall–Kier alpha value is -2.16. The van der Waals surface area contributed by atoms with Gasteiger partial charge in [-0.25, -0.2) is 4.98 Å². The summed E-state index contributed by atoms with van der Waals surface area (Å²) in [6, 6.07) is 12.0. The van der Waals surface area contributed by atoms with Crippen LogP contribution in [0.1, 0.15) is 5.69 Å².